The first-order chi connectivity index (χ1) is 12.2. The predicted molar refractivity (Wildman–Crippen MR) is 101 cm³/mol. The molecule has 1 saturated heterocycles. The maximum atomic E-state index is 15.6. The third-order valence-corrected chi connectivity index (χ3v) is 8.25. The predicted octanol–water partition coefficient (Wildman–Crippen LogP) is 5.43. The van der Waals surface area contributed by atoms with Gasteiger partial charge in [0.15, 0.2) is 0 Å². The Morgan fingerprint density at radius 3 is 1.60 bits per heavy atom. The van der Waals surface area contributed by atoms with Gasteiger partial charge in [0.1, 0.15) is 12.3 Å². The molecule has 3 unspecified atom stereocenters. The smallest absolute Gasteiger partial charge is 0.149 e. The van der Waals surface area contributed by atoms with E-state index in [0.29, 0.717) is 0 Å². The van der Waals surface area contributed by atoms with Crippen molar-refractivity contribution >= 4 is 13.2 Å². The maximum absolute atomic E-state index is 15.6. The van der Waals surface area contributed by atoms with Crippen molar-refractivity contribution in [1.29, 1.82) is 0 Å². The lowest BCUT2D eigenvalue weighted by molar-refractivity contribution is 0.170. The standard InChI is InChI=1S/C22H19F2P/c23-20-16-25(19-14-8-3-9-15-19)22(21(20)24,17-10-4-1-5-11-17)18-12-6-2-7-13-18/h1-15,20-21H,16H2. The zero-order valence-electron chi connectivity index (χ0n) is 13.7. The SMILES string of the molecule is FC1CP(c2ccccc2)C(c2ccccc2)(c2ccccc2)C1F. The van der Waals surface area contributed by atoms with Crippen LogP contribution in [0, 0.1) is 0 Å². The van der Waals surface area contributed by atoms with Crippen molar-refractivity contribution in [3.63, 3.8) is 0 Å². The minimum Gasteiger partial charge on any atom is -0.244 e. The number of benzene rings is 3. The summed E-state index contributed by atoms with van der Waals surface area (Å²) in [6.45, 7) is 0. The van der Waals surface area contributed by atoms with Crippen LogP contribution in [0.3, 0.4) is 0 Å². The molecule has 3 aromatic carbocycles. The van der Waals surface area contributed by atoms with Gasteiger partial charge in [-0.3, -0.25) is 0 Å². The van der Waals surface area contributed by atoms with Gasteiger partial charge in [-0.05, 0) is 16.4 Å². The van der Waals surface area contributed by atoms with E-state index in [0.717, 1.165) is 16.4 Å². The van der Waals surface area contributed by atoms with Crippen LogP contribution in [-0.4, -0.2) is 18.5 Å². The van der Waals surface area contributed by atoms with E-state index in [1.165, 1.54) is 0 Å². The maximum Gasteiger partial charge on any atom is 0.149 e. The second kappa shape index (κ2) is 6.69. The number of halogens is 2. The summed E-state index contributed by atoms with van der Waals surface area (Å²) in [5, 5.41) is 0.103. The number of hydrogen-bond acceptors (Lipinski definition) is 0. The highest BCUT2D eigenvalue weighted by Crippen LogP contribution is 2.67. The van der Waals surface area contributed by atoms with Gasteiger partial charge in [0.2, 0.25) is 0 Å². The van der Waals surface area contributed by atoms with Crippen LogP contribution >= 0.6 is 7.92 Å². The third-order valence-electron chi connectivity index (χ3n) is 5.00. The number of rotatable bonds is 3. The minimum atomic E-state index is -1.55. The van der Waals surface area contributed by atoms with Crippen LogP contribution in [0.5, 0.6) is 0 Å². The van der Waals surface area contributed by atoms with Crippen molar-refractivity contribution in [2.45, 2.75) is 17.5 Å². The molecule has 0 bridgehead atoms. The first kappa shape index (κ1) is 16.4. The first-order valence-electron chi connectivity index (χ1n) is 8.46. The van der Waals surface area contributed by atoms with Gasteiger partial charge in [-0.25, -0.2) is 8.78 Å². The summed E-state index contributed by atoms with van der Waals surface area (Å²) in [4.78, 5) is 0. The van der Waals surface area contributed by atoms with Gasteiger partial charge in [0.25, 0.3) is 0 Å². The van der Waals surface area contributed by atoms with Gasteiger partial charge in [0, 0.05) is 6.16 Å². The minimum absolute atomic E-state index is 0.254. The number of alkyl halides is 2. The molecule has 0 radical (unpaired) electrons. The Morgan fingerprint density at radius 2 is 1.12 bits per heavy atom. The lowest BCUT2D eigenvalue weighted by atomic mass is 9.85. The number of hydrogen-bond donors (Lipinski definition) is 0. The second-order valence-electron chi connectivity index (χ2n) is 6.36. The van der Waals surface area contributed by atoms with E-state index in [4.69, 9.17) is 0 Å². The van der Waals surface area contributed by atoms with Crippen molar-refractivity contribution in [3.05, 3.63) is 102 Å². The van der Waals surface area contributed by atoms with E-state index in [1.54, 1.807) is 0 Å². The fraction of sp³-hybridized carbons (Fsp3) is 0.182. The third kappa shape index (κ3) is 2.60. The lowest BCUT2D eigenvalue weighted by Gasteiger charge is -2.38. The van der Waals surface area contributed by atoms with Crippen LogP contribution < -0.4 is 5.30 Å². The molecule has 126 valence electrons. The van der Waals surface area contributed by atoms with Crippen LogP contribution in [0.4, 0.5) is 8.78 Å². The van der Waals surface area contributed by atoms with Gasteiger partial charge >= 0.3 is 0 Å². The molecule has 0 saturated carbocycles. The summed E-state index contributed by atoms with van der Waals surface area (Å²) in [5.41, 5.74) is 1.73. The molecule has 1 fully saturated rings. The molecule has 1 heterocycles. The van der Waals surface area contributed by atoms with E-state index >= 15 is 4.39 Å². The van der Waals surface area contributed by atoms with Crippen molar-refractivity contribution < 1.29 is 8.78 Å². The lowest BCUT2D eigenvalue weighted by Crippen LogP contribution is -2.37. The molecule has 1 aliphatic heterocycles. The highest BCUT2D eigenvalue weighted by atomic mass is 31.1. The Balaban J connectivity index is 2.00. The first-order valence-corrected chi connectivity index (χ1v) is 9.99. The molecule has 0 nitrogen and oxygen atoms in total. The molecule has 0 spiro atoms. The average molecular weight is 352 g/mol. The van der Waals surface area contributed by atoms with Crippen LogP contribution in [0.1, 0.15) is 11.1 Å². The van der Waals surface area contributed by atoms with E-state index in [9.17, 15) is 4.39 Å². The fourth-order valence-electron chi connectivity index (χ4n) is 3.92. The molecule has 0 aromatic heterocycles. The molecule has 3 heteroatoms. The molecule has 0 N–H and O–H groups in total. The van der Waals surface area contributed by atoms with Gasteiger partial charge in [-0.15, -0.1) is 0 Å². The molecule has 25 heavy (non-hydrogen) atoms. The molecular formula is C22H19F2P. The van der Waals surface area contributed by atoms with Crippen molar-refractivity contribution in [1.82, 2.24) is 0 Å². The Morgan fingerprint density at radius 1 is 0.680 bits per heavy atom. The van der Waals surface area contributed by atoms with E-state index in [1.807, 2.05) is 91.0 Å². The van der Waals surface area contributed by atoms with Crippen molar-refractivity contribution in [2.75, 3.05) is 6.16 Å². The van der Waals surface area contributed by atoms with Crippen molar-refractivity contribution in [3.8, 4) is 0 Å². The highest BCUT2D eigenvalue weighted by Gasteiger charge is 2.58. The monoisotopic (exact) mass is 352 g/mol. The summed E-state index contributed by atoms with van der Waals surface area (Å²) in [6, 6.07) is 29.1. The van der Waals surface area contributed by atoms with Crippen molar-refractivity contribution in [2.24, 2.45) is 0 Å². The fourth-order valence-corrected chi connectivity index (χ4v) is 7.27. The largest absolute Gasteiger partial charge is 0.244 e. The Hall–Kier alpha value is -2.05. The molecule has 0 aliphatic carbocycles. The van der Waals surface area contributed by atoms with Gasteiger partial charge in [0.05, 0.1) is 5.16 Å². The second-order valence-corrected chi connectivity index (χ2v) is 8.81. The average Bonchev–Trinajstić information content (AvgIpc) is 2.96. The van der Waals surface area contributed by atoms with Crippen LogP contribution in [0.2, 0.25) is 0 Å². The molecule has 4 rings (SSSR count). The molecule has 1 aliphatic rings. The Kier molecular flexibility index (Phi) is 4.39. The van der Waals surface area contributed by atoms with Gasteiger partial charge in [-0.2, -0.15) is 0 Å². The summed E-state index contributed by atoms with van der Waals surface area (Å²) < 4.78 is 30.3. The van der Waals surface area contributed by atoms with E-state index in [2.05, 4.69) is 0 Å². The Bertz CT molecular complexity index is 781. The molecule has 3 aromatic rings. The molecular weight excluding hydrogens is 333 g/mol. The highest BCUT2D eigenvalue weighted by molar-refractivity contribution is 7.67. The summed E-state index contributed by atoms with van der Waals surface area (Å²) in [7, 11) is -1.07. The Labute approximate surface area is 148 Å². The summed E-state index contributed by atoms with van der Waals surface area (Å²) in [6.07, 6.45) is -2.75. The van der Waals surface area contributed by atoms with E-state index < -0.39 is 25.4 Å². The van der Waals surface area contributed by atoms with Gasteiger partial charge < -0.3 is 0 Å². The van der Waals surface area contributed by atoms with Gasteiger partial charge in [-0.1, -0.05) is 98.9 Å². The summed E-state index contributed by atoms with van der Waals surface area (Å²) in [5.74, 6) is 0. The zero-order valence-corrected chi connectivity index (χ0v) is 14.6. The quantitative estimate of drug-likeness (QED) is 0.552. The zero-order chi connectivity index (χ0) is 17.3. The molecule has 0 amide bonds. The molecule has 3 atom stereocenters. The van der Waals surface area contributed by atoms with E-state index in [-0.39, 0.29) is 6.16 Å². The van der Waals surface area contributed by atoms with Crippen LogP contribution in [0.15, 0.2) is 91.0 Å². The normalized spacial score (nSPS) is 25.0. The topological polar surface area (TPSA) is 0 Å². The van der Waals surface area contributed by atoms with Crippen LogP contribution in [-0.2, 0) is 5.16 Å². The summed E-state index contributed by atoms with van der Waals surface area (Å²) >= 11 is 0. The van der Waals surface area contributed by atoms with Crippen LogP contribution in [0.25, 0.3) is 0 Å².